The highest BCUT2D eigenvalue weighted by molar-refractivity contribution is 6.05. The summed E-state index contributed by atoms with van der Waals surface area (Å²) in [6.07, 6.45) is 3.54. The average molecular weight is 397 g/mol. The van der Waals surface area contributed by atoms with Crippen molar-refractivity contribution >= 4 is 23.0 Å². The van der Waals surface area contributed by atoms with Crippen molar-refractivity contribution in [3.63, 3.8) is 0 Å². The number of aromatic nitrogens is 1. The summed E-state index contributed by atoms with van der Waals surface area (Å²) in [7, 11) is 2.15. The van der Waals surface area contributed by atoms with Crippen LogP contribution in [-0.2, 0) is 0 Å². The minimum absolute atomic E-state index is 0.0812. The molecule has 29 heavy (non-hydrogen) atoms. The number of nitrogens with zero attached hydrogens (tertiary/aromatic N) is 4. The third-order valence-electron chi connectivity index (χ3n) is 5.74. The Bertz CT molecular complexity index is 860. The molecule has 0 bridgehead atoms. The van der Waals surface area contributed by atoms with Crippen LogP contribution in [0.15, 0.2) is 36.4 Å². The first kappa shape index (κ1) is 19.6. The van der Waals surface area contributed by atoms with Crippen molar-refractivity contribution in [1.29, 1.82) is 0 Å². The van der Waals surface area contributed by atoms with E-state index in [1.165, 1.54) is 30.3 Å². The quantitative estimate of drug-likeness (QED) is 0.803. The van der Waals surface area contributed by atoms with Gasteiger partial charge in [0.1, 0.15) is 5.69 Å². The van der Waals surface area contributed by atoms with Gasteiger partial charge in [0.25, 0.3) is 5.91 Å². The van der Waals surface area contributed by atoms with Crippen molar-refractivity contribution in [3.05, 3.63) is 48.0 Å². The van der Waals surface area contributed by atoms with E-state index in [1.807, 2.05) is 6.07 Å². The largest absolute Gasteiger partial charge is 0.370 e. The predicted molar refractivity (Wildman–Crippen MR) is 114 cm³/mol. The second-order valence-corrected chi connectivity index (χ2v) is 7.84. The summed E-state index contributed by atoms with van der Waals surface area (Å²) in [5.41, 5.74) is 3.05. The fraction of sp³-hybridized carbons (Fsp3) is 0.455. The maximum Gasteiger partial charge on any atom is 0.274 e. The van der Waals surface area contributed by atoms with Crippen molar-refractivity contribution in [2.24, 2.45) is 0 Å². The number of hydrogen-bond acceptors (Lipinski definition) is 5. The molecule has 2 aliphatic heterocycles. The smallest absolute Gasteiger partial charge is 0.274 e. The third kappa shape index (κ3) is 4.67. The number of rotatable bonds is 4. The number of piperidine rings is 1. The van der Waals surface area contributed by atoms with Crippen LogP contribution in [0.1, 0.15) is 29.8 Å². The van der Waals surface area contributed by atoms with Crippen molar-refractivity contribution in [2.45, 2.75) is 19.3 Å². The van der Waals surface area contributed by atoms with Gasteiger partial charge in [-0.1, -0.05) is 6.07 Å². The number of amides is 1. The SMILES string of the molecule is CN1CCN(c2ccc(NC(=O)c3cccc(F)n3)c(N3CCCCC3)c2)CC1. The number of nitrogens with one attached hydrogen (secondary N) is 1. The van der Waals surface area contributed by atoms with Crippen LogP contribution in [0.4, 0.5) is 21.5 Å². The van der Waals surface area contributed by atoms with Gasteiger partial charge < -0.3 is 20.0 Å². The molecular weight excluding hydrogens is 369 g/mol. The zero-order valence-corrected chi connectivity index (χ0v) is 16.9. The van der Waals surface area contributed by atoms with Crippen LogP contribution >= 0.6 is 0 Å². The second kappa shape index (κ2) is 8.78. The molecule has 3 heterocycles. The van der Waals surface area contributed by atoms with E-state index in [0.29, 0.717) is 0 Å². The van der Waals surface area contributed by atoms with Gasteiger partial charge in [-0.2, -0.15) is 4.39 Å². The van der Waals surface area contributed by atoms with Gasteiger partial charge in [0.15, 0.2) is 0 Å². The van der Waals surface area contributed by atoms with Crippen LogP contribution in [-0.4, -0.2) is 62.1 Å². The summed E-state index contributed by atoms with van der Waals surface area (Å²) < 4.78 is 13.4. The van der Waals surface area contributed by atoms with Crippen LogP contribution in [0.5, 0.6) is 0 Å². The van der Waals surface area contributed by atoms with Crippen LogP contribution in [0.25, 0.3) is 0 Å². The molecule has 0 atom stereocenters. The molecule has 0 unspecified atom stereocenters. The van der Waals surface area contributed by atoms with Gasteiger partial charge in [0.2, 0.25) is 5.95 Å². The lowest BCUT2D eigenvalue weighted by Crippen LogP contribution is -2.44. The Morgan fingerprint density at radius 3 is 2.45 bits per heavy atom. The van der Waals surface area contributed by atoms with Gasteiger partial charge >= 0.3 is 0 Å². The number of likely N-dealkylation sites (N-methyl/N-ethyl adjacent to an activating group) is 1. The summed E-state index contributed by atoms with van der Waals surface area (Å²) in [5.74, 6) is -1.05. The van der Waals surface area contributed by atoms with Crippen LogP contribution in [0.3, 0.4) is 0 Å². The number of carbonyl (C=O) groups is 1. The van der Waals surface area contributed by atoms with Gasteiger partial charge in [0.05, 0.1) is 11.4 Å². The minimum Gasteiger partial charge on any atom is -0.370 e. The van der Waals surface area contributed by atoms with E-state index < -0.39 is 11.9 Å². The van der Waals surface area contributed by atoms with Gasteiger partial charge in [0, 0.05) is 45.0 Å². The highest BCUT2D eigenvalue weighted by atomic mass is 19.1. The van der Waals surface area contributed by atoms with E-state index in [1.54, 1.807) is 0 Å². The summed E-state index contributed by atoms with van der Waals surface area (Å²) in [4.78, 5) is 23.4. The van der Waals surface area contributed by atoms with Gasteiger partial charge in [-0.05, 0) is 56.6 Å². The Balaban J connectivity index is 1.60. The average Bonchev–Trinajstić information content (AvgIpc) is 2.75. The van der Waals surface area contributed by atoms with Crippen molar-refractivity contribution < 1.29 is 9.18 Å². The lowest BCUT2D eigenvalue weighted by Gasteiger charge is -2.36. The zero-order valence-electron chi connectivity index (χ0n) is 16.9. The van der Waals surface area contributed by atoms with Crippen molar-refractivity contribution in [1.82, 2.24) is 9.88 Å². The highest BCUT2D eigenvalue weighted by Gasteiger charge is 2.20. The zero-order chi connectivity index (χ0) is 20.2. The Morgan fingerprint density at radius 1 is 0.966 bits per heavy atom. The number of carbonyl (C=O) groups excluding carboxylic acids is 1. The number of anilines is 3. The van der Waals surface area contributed by atoms with E-state index in [4.69, 9.17) is 0 Å². The number of hydrogen-bond donors (Lipinski definition) is 1. The monoisotopic (exact) mass is 397 g/mol. The molecule has 2 saturated heterocycles. The lowest BCUT2D eigenvalue weighted by atomic mass is 10.1. The first-order chi connectivity index (χ1) is 14.1. The number of pyridine rings is 1. The molecule has 1 aromatic carbocycles. The first-order valence-electron chi connectivity index (χ1n) is 10.4. The normalized spacial score (nSPS) is 18.0. The van der Waals surface area contributed by atoms with Gasteiger partial charge in [-0.25, -0.2) is 4.98 Å². The van der Waals surface area contributed by atoms with Crippen LogP contribution in [0, 0.1) is 5.95 Å². The molecule has 154 valence electrons. The summed E-state index contributed by atoms with van der Waals surface area (Å²) in [6.45, 7) is 6.04. The topological polar surface area (TPSA) is 51.7 Å². The molecule has 1 N–H and O–H groups in total. The second-order valence-electron chi connectivity index (χ2n) is 7.84. The Kier molecular flexibility index (Phi) is 5.94. The fourth-order valence-electron chi connectivity index (χ4n) is 4.00. The van der Waals surface area contributed by atoms with Gasteiger partial charge in [-0.3, -0.25) is 4.79 Å². The molecule has 4 rings (SSSR count). The molecule has 1 amide bonds. The molecule has 2 aromatic rings. The van der Waals surface area contributed by atoms with E-state index in [0.717, 1.165) is 63.5 Å². The van der Waals surface area contributed by atoms with Crippen molar-refractivity contribution in [3.8, 4) is 0 Å². The van der Waals surface area contributed by atoms with Crippen LogP contribution < -0.4 is 15.1 Å². The maximum absolute atomic E-state index is 13.4. The molecule has 1 aromatic heterocycles. The molecule has 0 radical (unpaired) electrons. The molecular formula is C22H28FN5O. The number of benzene rings is 1. The van der Waals surface area contributed by atoms with Crippen molar-refractivity contribution in [2.75, 3.05) is 61.4 Å². The number of halogens is 1. The van der Waals surface area contributed by atoms with E-state index >= 15 is 0 Å². The number of piperazine rings is 1. The van der Waals surface area contributed by atoms with Gasteiger partial charge in [-0.15, -0.1) is 0 Å². The Morgan fingerprint density at radius 2 is 1.72 bits per heavy atom. The third-order valence-corrected chi connectivity index (χ3v) is 5.74. The Hall–Kier alpha value is -2.67. The van der Waals surface area contributed by atoms with E-state index in [2.05, 4.69) is 44.2 Å². The molecule has 0 spiro atoms. The fourth-order valence-corrected chi connectivity index (χ4v) is 4.00. The standard InChI is InChI=1S/C22H28FN5O/c1-26-12-14-27(15-13-26)17-8-9-18(20(16-17)28-10-3-2-4-11-28)25-22(29)19-6-5-7-21(23)24-19/h5-9,16H,2-4,10-15H2,1H3,(H,25,29). The maximum atomic E-state index is 13.4. The lowest BCUT2D eigenvalue weighted by molar-refractivity contribution is 0.102. The molecule has 7 heteroatoms. The first-order valence-corrected chi connectivity index (χ1v) is 10.4. The molecule has 0 aliphatic carbocycles. The molecule has 6 nitrogen and oxygen atoms in total. The summed E-state index contributed by atoms with van der Waals surface area (Å²) in [5, 5.41) is 2.95. The Labute approximate surface area is 171 Å². The summed E-state index contributed by atoms with van der Waals surface area (Å²) >= 11 is 0. The summed E-state index contributed by atoms with van der Waals surface area (Å²) in [6, 6.07) is 10.5. The highest BCUT2D eigenvalue weighted by Crippen LogP contribution is 2.33. The molecule has 2 aliphatic rings. The van der Waals surface area contributed by atoms with E-state index in [9.17, 15) is 9.18 Å². The minimum atomic E-state index is -0.653. The molecule has 2 fully saturated rings. The molecule has 0 saturated carbocycles. The van der Waals surface area contributed by atoms with Crippen LogP contribution in [0.2, 0.25) is 0 Å². The predicted octanol–water partition coefficient (Wildman–Crippen LogP) is 3.22. The van der Waals surface area contributed by atoms with E-state index in [-0.39, 0.29) is 5.69 Å².